The SMILES string of the molecule is O=C(OCc1cccc([N+](=O)[O-])c1)c1ccccc1C(=O)C1CC=CS1. The molecule has 3 rings (SSSR count). The van der Waals surface area contributed by atoms with Crippen LogP contribution >= 0.6 is 11.8 Å². The lowest BCUT2D eigenvalue weighted by atomic mass is 10.0. The molecule has 1 heterocycles. The van der Waals surface area contributed by atoms with Gasteiger partial charge in [-0.1, -0.05) is 36.4 Å². The topological polar surface area (TPSA) is 86.5 Å². The summed E-state index contributed by atoms with van der Waals surface area (Å²) in [5.41, 5.74) is 0.972. The average molecular weight is 369 g/mol. The van der Waals surface area contributed by atoms with E-state index in [4.69, 9.17) is 4.74 Å². The van der Waals surface area contributed by atoms with Crippen LogP contribution in [0, 0.1) is 10.1 Å². The third-order valence-electron chi connectivity index (χ3n) is 3.89. The maximum atomic E-state index is 12.6. The van der Waals surface area contributed by atoms with Crippen molar-refractivity contribution < 1.29 is 19.2 Å². The second-order valence-corrected chi connectivity index (χ2v) is 6.76. The van der Waals surface area contributed by atoms with E-state index >= 15 is 0 Å². The van der Waals surface area contributed by atoms with Gasteiger partial charge in [-0.2, -0.15) is 0 Å². The van der Waals surface area contributed by atoms with Crippen LogP contribution in [0.4, 0.5) is 5.69 Å². The van der Waals surface area contributed by atoms with Gasteiger partial charge in [0, 0.05) is 17.7 Å². The highest BCUT2D eigenvalue weighted by Crippen LogP contribution is 2.28. The van der Waals surface area contributed by atoms with E-state index in [1.54, 1.807) is 30.3 Å². The quantitative estimate of drug-likeness (QED) is 0.329. The molecule has 2 aromatic carbocycles. The number of ketones is 1. The lowest BCUT2D eigenvalue weighted by Gasteiger charge is -2.12. The Morgan fingerprint density at radius 2 is 1.92 bits per heavy atom. The van der Waals surface area contributed by atoms with Crippen molar-refractivity contribution in [3.05, 3.63) is 86.8 Å². The summed E-state index contributed by atoms with van der Waals surface area (Å²) >= 11 is 1.43. The molecule has 0 saturated carbocycles. The number of esters is 1. The maximum absolute atomic E-state index is 12.6. The van der Waals surface area contributed by atoms with Crippen LogP contribution in [0.5, 0.6) is 0 Å². The Morgan fingerprint density at radius 3 is 2.62 bits per heavy atom. The molecule has 0 spiro atoms. The number of Topliss-reactive ketones (excluding diaryl/α,β-unsaturated/α-hetero) is 1. The molecule has 7 heteroatoms. The second-order valence-electron chi connectivity index (χ2n) is 5.65. The summed E-state index contributed by atoms with van der Waals surface area (Å²) in [5, 5.41) is 12.5. The van der Waals surface area contributed by atoms with Crippen LogP contribution in [-0.2, 0) is 11.3 Å². The third kappa shape index (κ3) is 4.00. The van der Waals surface area contributed by atoms with Crippen LogP contribution in [0.15, 0.2) is 60.0 Å². The number of allylic oxidation sites excluding steroid dienone is 1. The van der Waals surface area contributed by atoms with Gasteiger partial charge in [0.15, 0.2) is 5.78 Å². The summed E-state index contributed by atoms with van der Waals surface area (Å²) < 4.78 is 5.27. The number of benzene rings is 2. The number of thioether (sulfide) groups is 1. The zero-order valence-corrected chi connectivity index (χ0v) is 14.5. The molecular formula is C19H15NO5S. The van der Waals surface area contributed by atoms with E-state index in [0.717, 1.165) is 0 Å². The average Bonchev–Trinajstić information content (AvgIpc) is 3.20. The number of rotatable bonds is 6. The predicted octanol–water partition coefficient (Wildman–Crippen LogP) is 4.15. The molecule has 0 aliphatic carbocycles. The van der Waals surface area contributed by atoms with Crippen LogP contribution in [-0.4, -0.2) is 21.9 Å². The number of hydrogen-bond acceptors (Lipinski definition) is 6. The monoisotopic (exact) mass is 369 g/mol. The zero-order chi connectivity index (χ0) is 18.5. The number of carbonyl (C=O) groups is 2. The van der Waals surface area contributed by atoms with Crippen molar-refractivity contribution in [2.24, 2.45) is 0 Å². The van der Waals surface area contributed by atoms with E-state index in [2.05, 4.69) is 0 Å². The molecule has 0 saturated heterocycles. The van der Waals surface area contributed by atoms with E-state index in [-0.39, 0.29) is 28.9 Å². The molecule has 0 aromatic heterocycles. The zero-order valence-electron chi connectivity index (χ0n) is 13.7. The van der Waals surface area contributed by atoms with Gasteiger partial charge in [-0.15, -0.1) is 11.8 Å². The molecule has 0 amide bonds. The highest BCUT2D eigenvalue weighted by Gasteiger charge is 2.26. The summed E-state index contributed by atoms with van der Waals surface area (Å²) in [4.78, 5) is 35.4. The van der Waals surface area contributed by atoms with Crippen molar-refractivity contribution in [1.29, 1.82) is 0 Å². The Bertz CT molecular complexity index is 885. The number of non-ortho nitro benzene ring substituents is 1. The van der Waals surface area contributed by atoms with Crippen molar-refractivity contribution in [3.8, 4) is 0 Å². The fraction of sp³-hybridized carbons (Fsp3) is 0.158. The van der Waals surface area contributed by atoms with E-state index < -0.39 is 10.9 Å². The van der Waals surface area contributed by atoms with Crippen molar-refractivity contribution in [2.75, 3.05) is 0 Å². The standard InChI is InChI=1S/C19H15NO5S/c21-18(17-9-4-10-26-17)15-7-1-2-8-16(15)19(22)25-12-13-5-3-6-14(11-13)20(23)24/h1-8,10-11,17H,9,12H2. The van der Waals surface area contributed by atoms with Crippen LogP contribution in [0.25, 0.3) is 0 Å². The first-order chi connectivity index (χ1) is 12.6. The Morgan fingerprint density at radius 1 is 1.15 bits per heavy atom. The molecule has 6 nitrogen and oxygen atoms in total. The Balaban J connectivity index is 1.73. The van der Waals surface area contributed by atoms with Crippen molar-refractivity contribution in [1.82, 2.24) is 0 Å². The summed E-state index contributed by atoms with van der Waals surface area (Å²) in [6.07, 6.45) is 2.57. The number of nitro groups is 1. The lowest BCUT2D eigenvalue weighted by molar-refractivity contribution is -0.384. The van der Waals surface area contributed by atoms with Crippen molar-refractivity contribution in [3.63, 3.8) is 0 Å². The molecule has 132 valence electrons. The van der Waals surface area contributed by atoms with Gasteiger partial charge in [-0.25, -0.2) is 4.79 Å². The number of nitro benzene ring substituents is 1. The highest BCUT2D eigenvalue weighted by atomic mass is 32.2. The van der Waals surface area contributed by atoms with Gasteiger partial charge in [0.2, 0.25) is 0 Å². The maximum Gasteiger partial charge on any atom is 0.339 e. The molecular weight excluding hydrogens is 354 g/mol. The normalized spacial score (nSPS) is 15.6. The smallest absolute Gasteiger partial charge is 0.339 e. The number of hydrogen-bond donors (Lipinski definition) is 0. The summed E-state index contributed by atoms with van der Waals surface area (Å²) in [6.45, 7) is -0.108. The molecule has 0 bridgehead atoms. The van der Waals surface area contributed by atoms with Gasteiger partial charge >= 0.3 is 5.97 Å². The number of nitrogens with zero attached hydrogens (tertiary/aromatic N) is 1. The van der Waals surface area contributed by atoms with E-state index in [9.17, 15) is 19.7 Å². The van der Waals surface area contributed by atoms with Crippen molar-refractivity contribution in [2.45, 2.75) is 18.3 Å². The molecule has 1 aliphatic rings. The van der Waals surface area contributed by atoms with E-state index in [0.29, 0.717) is 17.5 Å². The minimum atomic E-state index is -0.628. The van der Waals surface area contributed by atoms with Gasteiger partial charge in [0.25, 0.3) is 5.69 Å². The van der Waals surface area contributed by atoms with Crippen LogP contribution < -0.4 is 0 Å². The fourth-order valence-electron chi connectivity index (χ4n) is 2.59. The predicted molar refractivity (Wildman–Crippen MR) is 98.1 cm³/mol. The molecule has 0 N–H and O–H groups in total. The molecule has 2 aromatic rings. The van der Waals surface area contributed by atoms with Gasteiger partial charge in [-0.3, -0.25) is 14.9 Å². The first-order valence-electron chi connectivity index (χ1n) is 7.90. The molecule has 1 unspecified atom stereocenters. The van der Waals surface area contributed by atoms with Crippen LogP contribution in [0.2, 0.25) is 0 Å². The molecule has 1 atom stereocenters. The fourth-order valence-corrected chi connectivity index (χ4v) is 3.47. The van der Waals surface area contributed by atoms with E-state index in [1.165, 1.54) is 30.0 Å². The minimum Gasteiger partial charge on any atom is -0.457 e. The second kappa shape index (κ2) is 7.97. The van der Waals surface area contributed by atoms with Gasteiger partial charge < -0.3 is 4.74 Å². The lowest BCUT2D eigenvalue weighted by Crippen LogP contribution is -2.19. The summed E-state index contributed by atoms with van der Waals surface area (Å²) in [6, 6.07) is 12.4. The largest absolute Gasteiger partial charge is 0.457 e. The summed E-state index contributed by atoms with van der Waals surface area (Å²) in [5.74, 6) is -0.737. The van der Waals surface area contributed by atoms with Crippen LogP contribution in [0.3, 0.4) is 0 Å². The Labute approximate surface area is 154 Å². The minimum absolute atomic E-state index is 0.0696. The van der Waals surface area contributed by atoms with Gasteiger partial charge in [0.05, 0.1) is 15.7 Å². The number of ether oxygens (including phenoxy) is 1. The number of carbonyl (C=O) groups excluding carboxylic acids is 2. The molecule has 0 fully saturated rings. The third-order valence-corrected chi connectivity index (χ3v) is 4.97. The molecule has 0 radical (unpaired) electrons. The first kappa shape index (κ1) is 17.9. The van der Waals surface area contributed by atoms with E-state index in [1.807, 2.05) is 11.5 Å². The van der Waals surface area contributed by atoms with Crippen molar-refractivity contribution >= 4 is 29.2 Å². The Hall–Kier alpha value is -2.93. The van der Waals surface area contributed by atoms with Crippen LogP contribution in [0.1, 0.15) is 32.7 Å². The first-order valence-corrected chi connectivity index (χ1v) is 8.84. The highest BCUT2D eigenvalue weighted by molar-refractivity contribution is 8.03. The Kier molecular flexibility index (Phi) is 5.48. The summed E-state index contributed by atoms with van der Waals surface area (Å²) in [7, 11) is 0. The van der Waals surface area contributed by atoms with Gasteiger partial charge in [0.1, 0.15) is 6.61 Å². The molecule has 26 heavy (non-hydrogen) atoms. The molecule has 1 aliphatic heterocycles. The van der Waals surface area contributed by atoms with Gasteiger partial charge in [-0.05, 0) is 23.5 Å².